The van der Waals surface area contributed by atoms with Gasteiger partial charge in [-0.3, -0.25) is 0 Å². The van der Waals surface area contributed by atoms with Gasteiger partial charge in [-0.1, -0.05) is 27.7 Å². The molecule has 16 heavy (non-hydrogen) atoms. The monoisotopic (exact) mass is 225 g/mol. The molecule has 1 heterocycles. The number of hydrogen-bond acceptors (Lipinski definition) is 4. The fourth-order valence-corrected chi connectivity index (χ4v) is 1.49. The van der Waals surface area contributed by atoms with E-state index in [4.69, 9.17) is 4.42 Å². The average Bonchev–Trinajstić information content (AvgIpc) is 2.61. The van der Waals surface area contributed by atoms with Crippen LogP contribution >= 0.6 is 0 Å². The van der Waals surface area contributed by atoms with Crippen molar-refractivity contribution in [1.29, 1.82) is 0 Å². The van der Waals surface area contributed by atoms with E-state index in [0.29, 0.717) is 18.0 Å². The van der Waals surface area contributed by atoms with Gasteiger partial charge in [0.05, 0.1) is 5.69 Å². The van der Waals surface area contributed by atoms with E-state index in [9.17, 15) is 0 Å². The van der Waals surface area contributed by atoms with Gasteiger partial charge in [-0.25, -0.2) is 0 Å². The number of oxazole rings is 1. The Hall–Kier alpha value is -1.03. The van der Waals surface area contributed by atoms with Crippen LogP contribution in [0.3, 0.4) is 0 Å². The molecule has 0 aliphatic carbocycles. The minimum atomic E-state index is 0.466. The van der Waals surface area contributed by atoms with Crippen molar-refractivity contribution in [2.45, 2.75) is 40.3 Å². The van der Waals surface area contributed by atoms with Gasteiger partial charge in [-0.2, -0.15) is 4.98 Å². The minimum absolute atomic E-state index is 0.466. The maximum atomic E-state index is 5.43. The van der Waals surface area contributed by atoms with E-state index in [2.05, 4.69) is 38.0 Å². The highest BCUT2D eigenvalue weighted by Gasteiger charge is 2.10. The van der Waals surface area contributed by atoms with Crippen LogP contribution in [0.4, 0.5) is 6.01 Å². The van der Waals surface area contributed by atoms with Crippen molar-refractivity contribution in [2.24, 2.45) is 5.92 Å². The fraction of sp³-hybridized carbons (Fsp3) is 0.750. The van der Waals surface area contributed by atoms with Crippen LogP contribution in [0.1, 0.15) is 33.4 Å². The second kappa shape index (κ2) is 5.89. The summed E-state index contributed by atoms with van der Waals surface area (Å²) in [6, 6.07) is 1.17. The largest absolute Gasteiger partial charge is 0.432 e. The number of rotatable bonds is 6. The maximum Gasteiger partial charge on any atom is 0.297 e. The van der Waals surface area contributed by atoms with Gasteiger partial charge in [-0.05, 0) is 5.92 Å². The number of anilines is 1. The highest BCUT2D eigenvalue weighted by Crippen LogP contribution is 2.13. The second-order valence-electron chi connectivity index (χ2n) is 4.93. The molecule has 0 aliphatic heterocycles. The van der Waals surface area contributed by atoms with Gasteiger partial charge in [-0.15, -0.1) is 0 Å². The average molecular weight is 225 g/mol. The fourth-order valence-electron chi connectivity index (χ4n) is 1.49. The van der Waals surface area contributed by atoms with Crippen LogP contribution in [0.2, 0.25) is 0 Å². The summed E-state index contributed by atoms with van der Waals surface area (Å²) >= 11 is 0. The van der Waals surface area contributed by atoms with E-state index in [-0.39, 0.29) is 0 Å². The molecule has 0 fully saturated rings. The summed E-state index contributed by atoms with van der Waals surface area (Å²) in [5.41, 5.74) is 0.958. The summed E-state index contributed by atoms with van der Waals surface area (Å²) in [7, 11) is 2.01. The molecule has 0 saturated carbocycles. The first-order valence-electron chi connectivity index (χ1n) is 5.88. The zero-order valence-electron chi connectivity index (χ0n) is 10.9. The topological polar surface area (TPSA) is 41.3 Å². The predicted molar refractivity (Wildman–Crippen MR) is 66.6 cm³/mol. The van der Waals surface area contributed by atoms with Gasteiger partial charge >= 0.3 is 0 Å². The van der Waals surface area contributed by atoms with Crippen molar-refractivity contribution in [3.8, 4) is 0 Å². The van der Waals surface area contributed by atoms with Gasteiger partial charge in [0.15, 0.2) is 0 Å². The first-order valence-corrected chi connectivity index (χ1v) is 5.88. The highest BCUT2D eigenvalue weighted by molar-refractivity contribution is 5.25. The lowest BCUT2D eigenvalue weighted by molar-refractivity contribution is 0.522. The SMILES string of the molecule is CC(C)CN(C)c1nc(CNC(C)C)co1. The van der Waals surface area contributed by atoms with Crippen molar-refractivity contribution in [1.82, 2.24) is 10.3 Å². The van der Waals surface area contributed by atoms with Gasteiger partial charge < -0.3 is 14.6 Å². The Morgan fingerprint density at radius 3 is 2.62 bits per heavy atom. The normalized spacial score (nSPS) is 11.4. The van der Waals surface area contributed by atoms with Crippen molar-refractivity contribution >= 4 is 6.01 Å². The number of hydrogen-bond donors (Lipinski definition) is 1. The predicted octanol–water partition coefficient (Wildman–Crippen LogP) is 2.26. The summed E-state index contributed by atoms with van der Waals surface area (Å²) < 4.78 is 5.43. The smallest absolute Gasteiger partial charge is 0.297 e. The molecule has 0 radical (unpaired) electrons. The molecule has 4 nitrogen and oxygen atoms in total. The van der Waals surface area contributed by atoms with E-state index >= 15 is 0 Å². The number of nitrogens with one attached hydrogen (secondary N) is 1. The highest BCUT2D eigenvalue weighted by atomic mass is 16.4. The first-order chi connectivity index (χ1) is 7.49. The molecule has 0 unspecified atom stereocenters. The molecular weight excluding hydrogens is 202 g/mol. The van der Waals surface area contributed by atoms with Crippen molar-refractivity contribution in [2.75, 3.05) is 18.5 Å². The van der Waals surface area contributed by atoms with Crippen molar-refractivity contribution < 1.29 is 4.42 Å². The van der Waals surface area contributed by atoms with Gasteiger partial charge in [0.1, 0.15) is 6.26 Å². The Balaban J connectivity index is 2.50. The Kier molecular flexibility index (Phi) is 4.80. The van der Waals surface area contributed by atoms with E-state index in [1.165, 1.54) is 0 Å². The summed E-state index contributed by atoms with van der Waals surface area (Å²) in [5, 5.41) is 3.31. The summed E-state index contributed by atoms with van der Waals surface area (Å²) in [6.45, 7) is 10.3. The molecule has 0 spiro atoms. The number of aromatic nitrogens is 1. The van der Waals surface area contributed by atoms with Crippen LogP contribution < -0.4 is 10.2 Å². The lowest BCUT2D eigenvalue weighted by atomic mass is 10.2. The number of nitrogens with zero attached hydrogens (tertiary/aromatic N) is 2. The Morgan fingerprint density at radius 2 is 2.06 bits per heavy atom. The van der Waals surface area contributed by atoms with Gasteiger partial charge in [0, 0.05) is 26.2 Å². The standard InChI is InChI=1S/C12H23N3O/c1-9(2)7-15(5)12-14-11(8-16-12)6-13-10(3)4/h8-10,13H,6-7H2,1-5H3. The Labute approximate surface area is 98.0 Å². The summed E-state index contributed by atoms with van der Waals surface area (Å²) in [6.07, 6.45) is 1.72. The third-order valence-electron chi connectivity index (χ3n) is 2.20. The van der Waals surface area contributed by atoms with Gasteiger partial charge in [0.25, 0.3) is 6.01 Å². The molecule has 0 saturated heterocycles. The molecule has 0 bridgehead atoms. The minimum Gasteiger partial charge on any atom is -0.432 e. The molecule has 0 aromatic carbocycles. The quantitative estimate of drug-likeness (QED) is 0.806. The zero-order valence-corrected chi connectivity index (χ0v) is 10.9. The molecule has 4 heteroatoms. The maximum absolute atomic E-state index is 5.43. The lowest BCUT2D eigenvalue weighted by Crippen LogP contribution is -2.23. The van der Waals surface area contributed by atoms with E-state index < -0.39 is 0 Å². The molecule has 1 rings (SSSR count). The third-order valence-corrected chi connectivity index (χ3v) is 2.20. The van der Waals surface area contributed by atoms with Crippen LogP contribution in [-0.2, 0) is 6.54 Å². The molecule has 1 N–H and O–H groups in total. The third kappa shape index (κ3) is 4.23. The first kappa shape index (κ1) is 13.0. The summed E-state index contributed by atoms with van der Waals surface area (Å²) in [4.78, 5) is 6.48. The molecular formula is C12H23N3O. The van der Waals surface area contributed by atoms with Crippen molar-refractivity contribution in [3.05, 3.63) is 12.0 Å². The van der Waals surface area contributed by atoms with Crippen molar-refractivity contribution in [3.63, 3.8) is 0 Å². The summed E-state index contributed by atoms with van der Waals surface area (Å²) in [5.74, 6) is 0.606. The van der Waals surface area contributed by atoms with Gasteiger partial charge in [0.2, 0.25) is 0 Å². The second-order valence-corrected chi connectivity index (χ2v) is 4.93. The van der Waals surface area contributed by atoms with Crippen LogP contribution in [0.25, 0.3) is 0 Å². The lowest BCUT2D eigenvalue weighted by Gasteiger charge is -2.16. The molecule has 0 aliphatic rings. The molecule has 1 aromatic rings. The Morgan fingerprint density at radius 1 is 1.38 bits per heavy atom. The van der Waals surface area contributed by atoms with Crippen LogP contribution in [0, 0.1) is 5.92 Å². The van der Waals surface area contributed by atoms with Crippen LogP contribution in [0.5, 0.6) is 0 Å². The molecule has 0 atom stereocenters. The molecule has 0 amide bonds. The molecule has 1 aromatic heterocycles. The van der Waals surface area contributed by atoms with E-state index in [0.717, 1.165) is 18.8 Å². The van der Waals surface area contributed by atoms with E-state index in [1.807, 2.05) is 11.9 Å². The van der Waals surface area contributed by atoms with Crippen LogP contribution in [-0.4, -0.2) is 24.6 Å². The molecule has 92 valence electrons. The van der Waals surface area contributed by atoms with E-state index in [1.54, 1.807) is 6.26 Å². The Bertz CT molecular complexity index is 307. The zero-order chi connectivity index (χ0) is 12.1. The van der Waals surface area contributed by atoms with Crippen LogP contribution in [0.15, 0.2) is 10.7 Å².